The van der Waals surface area contributed by atoms with E-state index in [1.807, 2.05) is 26.0 Å². The molecule has 8 heteroatoms. The van der Waals surface area contributed by atoms with Crippen molar-refractivity contribution in [1.82, 2.24) is 4.98 Å². The second-order valence-electron chi connectivity index (χ2n) is 12.6. The molecule has 2 aliphatic heterocycles. The SMILES string of the molecule is CC1(C)O[C@@]23CC[C@]4(C)[C@@]5(C)c6[nH]c7ccccc7c6C[C@@H]5C[C@H](OCC(N)=O)[C@@]4(O)C2=CC(=O)C1O3. The molecule has 1 aromatic heterocycles. The van der Waals surface area contributed by atoms with Gasteiger partial charge in [-0.15, -0.1) is 0 Å². The van der Waals surface area contributed by atoms with Crippen molar-refractivity contribution in [2.75, 3.05) is 6.61 Å². The average molecular weight is 507 g/mol. The number of rotatable bonds is 3. The predicted octanol–water partition coefficient (Wildman–Crippen LogP) is 2.80. The summed E-state index contributed by atoms with van der Waals surface area (Å²) in [6.45, 7) is 7.73. The zero-order valence-electron chi connectivity index (χ0n) is 21.7. The third-order valence-electron chi connectivity index (χ3n) is 10.7. The molecule has 2 saturated carbocycles. The standard InChI is InChI=1S/C29H34N2O6/c1-25(2)24-19(32)13-20-28(36-24,37-25)10-9-26(3)27(4)15(12-21(29(20,26)34)35-14-22(30)33)11-17-16-7-5-6-8-18(16)31-23(17)27/h5-8,13,15,21,24,31,34H,9-12,14H2,1-4H3,(H2,30,33)/t15-,21+,24?,26-,27-,28+,29+/m1/s1. The van der Waals surface area contributed by atoms with Gasteiger partial charge in [0.1, 0.15) is 17.8 Å². The molecule has 196 valence electrons. The molecule has 3 heterocycles. The van der Waals surface area contributed by atoms with Crippen LogP contribution in [-0.4, -0.2) is 57.6 Å². The van der Waals surface area contributed by atoms with Crippen molar-refractivity contribution in [3.05, 3.63) is 47.2 Å². The van der Waals surface area contributed by atoms with Gasteiger partial charge in [0, 0.05) is 39.4 Å². The Kier molecular flexibility index (Phi) is 4.41. The van der Waals surface area contributed by atoms with Crippen molar-refractivity contribution in [1.29, 1.82) is 0 Å². The van der Waals surface area contributed by atoms with E-state index in [1.54, 1.807) is 6.08 Å². The van der Waals surface area contributed by atoms with E-state index < -0.39 is 45.9 Å². The number of benzene rings is 1. The second kappa shape index (κ2) is 6.91. The highest BCUT2D eigenvalue weighted by Crippen LogP contribution is 2.72. The molecular formula is C29H34N2O6. The minimum Gasteiger partial charge on any atom is -0.382 e. The maximum atomic E-state index is 13.3. The summed E-state index contributed by atoms with van der Waals surface area (Å²) in [6.07, 6.45) is 2.48. The maximum Gasteiger partial charge on any atom is 0.243 e. The van der Waals surface area contributed by atoms with Crippen LogP contribution in [0.5, 0.6) is 0 Å². The number of carbonyl (C=O) groups is 2. The summed E-state index contributed by atoms with van der Waals surface area (Å²) in [4.78, 5) is 28.8. The normalized spacial score (nSPS) is 43.1. The highest BCUT2D eigenvalue weighted by molar-refractivity contribution is 5.97. The molecule has 7 rings (SSSR count). The van der Waals surface area contributed by atoms with Crippen LogP contribution in [0.15, 0.2) is 35.9 Å². The number of para-hydroxylation sites is 1. The Morgan fingerprint density at radius 1 is 1.22 bits per heavy atom. The predicted molar refractivity (Wildman–Crippen MR) is 135 cm³/mol. The molecule has 3 aliphatic carbocycles. The third kappa shape index (κ3) is 2.58. The minimum absolute atomic E-state index is 0.157. The number of nitrogens with two attached hydrogens (primary N) is 1. The number of H-pyrrole nitrogens is 1. The fraction of sp³-hybridized carbons (Fsp3) is 0.586. The van der Waals surface area contributed by atoms with Gasteiger partial charge in [-0.05, 0) is 56.7 Å². The Hall–Kier alpha value is -2.52. The number of primary amides is 1. The number of aromatic amines is 1. The number of ketones is 1. The first-order valence-electron chi connectivity index (χ1n) is 13.2. The van der Waals surface area contributed by atoms with Gasteiger partial charge in [0.25, 0.3) is 0 Å². The fourth-order valence-corrected chi connectivity index (χ4v) is 8.77. The molecule has 2 bridgehead atoms. The van der Waals surface area contributed by atoms with Crippen LogP contribution in [0.3, 0.4) is 0 Å². The lowest BCUT2D eigenvalue weighted by Gasteiger charge is -2.67. The maximum absolute atomic E-state index is 13.3. The Bertz CT molecular complexity index is 1410. The number of hydrogen-bond acceptors (Lipinski definition) is 6. The van der Waals surface area contributed by atoms with E-state index in [-0.39, 0.29) is 18.3 Å². The van der Waals surface area contributed by atoms with Gasteiger partial charge in [-0.2, -0.15) is 0 Å². The highest BCUT2D eigenvalue weighted by atomic mass is 16.8. The smallest absolute Gasteiger partial charge is 0.243 e. The van der Waals surface area contributed by atoms with E-state index in [2.05, 4.69) is 31.0 Å². The number of ether oxygens (including phenoxy) is 3. The van der Waals surface area contributed by atoms with Gasteiger partial charge in [0.2, 0.25) is 5.91 Å². The molecule has 1 saturated heterocycles. The molecule has 0 radical (unpaired) electrons. The van der Waals surface area contributed by atoms with Gasteiger partial charge in [-0.1, -0.05) is 32.0 Å². The summed E-state index contributed by atoms with van der Waals surface area (Å²) in [6, 6.07) is 8.30. The molecule has 2 aromatic rings. The number of hydrogen-bond donors (Lipinski definition) is 3. The zero-order chi connectivity index (χ0) is 26.2. The van der Waals surface area contributed by atoms with Crippen molar-refractivity contribution in [3.8, 4) is 0 Å². The second-order valence-corrected chi connectivity index (χ2v) is 12.6. The Morgan fingerprint density at radius 2 is 1.97 bits per heavy atom. The van der Waals surface area contributed by atoms with Crippen LogP contribution in [0.4, 0.5) is 0 Å². The van der Waals surface area contributed by atoms with Crippen molar-refractivity contribution in [3.63, 3.8) is 0 Å². The third-order valence-corrected chi connectivity index (χ3v) is 10.7. The fourth-order valence-electron chi connectivity index (χ4n) is 8.77. The van der Waals surface area contributed by atoms with E-state index in [1.165, 1.54) is 10.9 Å². The van der Waals surface area contributed by atoms with Crippen molar-refractivity contribution < 1.29 is 28.9 Å². The van der Waals surface area contributed by atoms with Crippen LogP contribution in [-0.2, 0) is 35.6 Å². The van der Waals surface area contributed by atoms with Crippen LogP contribution in [0, 0.1) is 11.3 Å². The lowest BCUT2D eigenvalue weighted by atomic mass is 9.41. The lowest BCUT2D eigenvalue weighted by Crippen LogP contribution is -2.75. The largest absolute Gasteiger partial charge is 0.382 e. The Balaban J connectivity index is 1.45. The molecule has 8 nitrogen and oxygen atoms in total. The highest BCUT2D eigenvalue weighted by Gasteiger charge is 2.78. The van der Waals surface area contributed by atoms with Gasteiger partial charge in [0.05, 0.1) is 6.10 Å². The summed E-state index contributed by atoms with van der Waals surface area (Å²) in [5.74, 6) is -1.87. The number of carbonyl (C=O) groups excluding carboxylic acids is 2. The Morgan fingerprint density at radius 3 is 2.73 bits per heavy atom. The molecule has 4 N–H and O–H groups in total. The van der Waals surface area contributed by atoms with Crippen LogP contribution < -0.4 is 5.73 Å². The van der Waals surface area contributed by atoms with Crippen LogP contribution >= 0.6 is 0 Å². The molecular weight excluding hydrogens is 472 g/mol. The van der Waals surface area contributed by atoms with Gasteiger partial charge >= 0.3 is 0 Å². The van der Waals surface area contributed by atoms with Gasteiger partial charge in [-0.3, -0.25) is 9.59 Å². The molecule has 5 aliphatic rings. The van der Waals surface area contributed by atoms with Gasteiger partial charge < -0.3 is 30.0 Å². The summed E-state index contributed by atoms with van der Waals surface area (Å²) in [5.41, 5.74) is 5.70. The number of aliphatic hydroxyl groups is 1. The summed E-state index contributed by atoms with van der Waals surface area (Å²) in [7, 11) is 0. The number of nitrogens with one attached hydrogen (secondary N) is 1. The van der Waals surface area contributed by atoms with Crippen molar-refractivity contribution >= 4 is 22.6 Å². The van der Waals surface area contributed by atoms with Gasteiger partial charge in [-0.25, -0.2) is 0 Å². The molecule has 7 atom stereocenters. The van der Waals surface area contributed by atoms with Crippen LogP contribution in [0.1, 0.15) is 58.2 Å². The average Bonchev–Trinajstić information content (AvgIpc) is 3.42. The molecule has 1 aromatic carbocycles. The first-order valence-corrected chi connectivity index (χ1v) is 13.2. The van der Waals surface area contributed by atoms with E-state index in [4.69, 9.17) is 19.9 Å². The van der Waals surface area contributed by atoms with Gasteiger partial charge in [0.15, 0.2) is 17.7 Å². The Labute approximate surface area is 215 Å². The monoisotopic (exact) mass is 506 g/mol. The van der Waals surface area contributed by atoms with Crippen molar-refractivity contribution in [2.45, 2.75) is 88.0 Å². The minimum atomic E-state index is -1.63. The number of aromatic nitrogens is 1. The first kappa shape index (κ1) is 23.6. The topological polar surface area (TPSA) is 124 Å². The summed E-state index contributed by atoms with van der Waals surface area (Å²) < 4.78 is 19.0. The molecule has 37 heavy (non-hydrogen) atoms. The quantitative estimate of drug-likeness (QED) is 0.588. The number of amides is 1. The van der Waals surface area contributed by atoms with E-state index in [0.717, 1.165) is 17.6 Å². The lowest BCUT2D eigenvalue weighted by molar-refractivity contribution is -0.279. The van der Waals surface area contributed by atoms with E-state index in [9.17, 15) is 14.7 Å². The molecule has 1 unspecified atom stereocenters. The van der Waals surface area contributed by atoms with Crippen LogP contribution in [0.2, 0.25) is 0 Å². The molecule has 1 amide bonds. The molecule has 1 spiro atoms. The zero-order valence-corrected chi connectivity index (χ0v) is 21.7. The summed E-state index contributed by atoms with van der Waals surface area (Å²) in [5, 5.41) is 14.3. The van der Waals surface area contributed by atoms with Crippen LogP contribution in [0.25, 0.3) is 10.9 Å². The number of fused-ring (bicyclic) bond motifs is 9. The van der Waals surface area contributed by atoms with Crippen molar-refractivity contribution in [2.24, 2.45) is 17.1 Å². The van der Waals surface area contributed by atoms with E-state index in [0.29, 0.717) is 24.8 Å². The summed E-state index contributed by atoms with van der Waals surface area (Å²) >= 11 is 0. The molecule has 3 fully saturated rings. The first-order chi connectivity index (χ1) is 17.4. The van der Waals surface area contributed by atoms with E-state index >= 15 is 0 Å².